The first-order valence-electron chi connectivity index (χ1n) is 4.09. The zero-order valence-electron chi connectivity index (χ0n) is 7.06. The zero-order chi connectivity index (χ0) is 9.14. The van der Waals surface area contributed by atoms with Crippen molar-refractivity contribution in [3.63, 3.8) is 0 Å². The Kier molecular flexibility index (Phi) is 3.86. The van der Waals surface area contributed by atoms with Crippen LogP contribution in [0.2, 0.25) is 0 Å². The van der Waals surface area contributed by atoms with Gasteiger partial charge in [-0.3, -0.25) is 8.42 Å². The first-order chi connectivity index (χ1) is 5.66. The summed E-state index contributed by atoms with van der Waals surface area (Å²) >= 11 is 0. The maximum absolute atomic E-state index is 11.3. The molecule has 0 aromatic heterocycles. The van der Waals surface area contributed by atoms with E-state index in [2.05, 4.69) is 0 Å². The number of aliphatic hydroxyl groups is 1. The molecule has 0 aromatic rings. The van der Waals surface area contributed by atoms with Crippen molar-refractivity contribution in [3.05, 3.63) is 0 Å². The van der Waals surface area contributed by atoms with Crippen LogP contribution in [0.1, 0.15) is 19.8 Å². The van der Waals surface area contributed by atoms with E-state index in [9.17, 15) is 13.5 Å². The first-order valence-corrected chi connectivity index (χ1v) is 6.85. The molecule has 0 aromatic carbocycles. The third kappa shape index (κ3) is 2.14. The van der Waals surface area contributed by atoms with Gasteiger partial charge in [0.25, 0.3) is 0 Å². The van der Waals surface area contributed by atoms with Gasteiger partial charge in [0, 0.05) is 33.1 Å². The summed E-state index contributed by atoms with van der Waals surface area (Å²) in [5, 5.41) is 9.50. The SMILES string of the molecule is CCC[C@H](O)C1[S@](=O)CC[S@]1=O. The quantitative estimate of drug-likeness (QED) is 0.712. The number of hydrogen-bond donors (Lipinski definition) is 1. The molecule has 1 heterocycles. The van der Waals surface area contributed by atoms with E-state index in [0.29, 0.717) is 17.9 Å². The van der Waals surface area contributed by atoms with Crippen LogP contribution in [-0.2, 0) is 21.6 Å². The molecule has 1 aliphatic heterocycles. The second-order valence-corrected chi connectivity index (χ2v) is 6.55. The van der Waals surface area contributed by atoms with Gasteiger partial charge in [-0.15, -0.1) is 0 Å². The maximum atomic E-state index is 11.3. The molecular weight excluding hydrogens is 196 g/mol. The molecule has 0 aliphatic carbocycles. The number of hydrogen-bond acceptors (Lipinski definition) is 3. The predicted molar refractivity (Wildman–Crippen MR) is 50.7 cm³/mol. The monoisotopic (exact) mass is 210 g/mol. The van der Waals surface area contributed by atoms with Crippen molar-refractivity contribution in [2.45, 2.75) is 30.5 Å². The molecule has 1 saturated heterocycles. The van der Waals surface area contributed by atoms with Crippen molar-refractivity contribution in [1.82, 2.24) is 0 Å². The van der Waals surface area contributed by atoms with Crippen molar-refractivity contribution >= 4 is 21.6 Å². The van der Waals surface area contributed by atoms with E-state index in [4.69, 9.17) is 0 Å². The third-order valence-electron chi connectivity index (χ3n) is 1.90. The molecule has 0 radical (unpaired) electrons. The minimum absolute atomic E-state index is 0.482. The Bertz CT molecular complexity index is 189. The normalized spacial score (nSPS) is 33.8. The average molecular weight is 210 g/mol. The summed E-state index contributed by atoms with van der Waals surface area (Å²) in [5.74, 6) is 0.968. The molecule has 0 bridgehead atoms. The highest BCUT2D eigenvalue weighted by Gasteiger charge is 2.35. The molecule has 0 spiro atoms. The van der Waals surface area contributed by atoms with Gasteiger partial charge in [0.1, 0.15) is 4.58 Å². The van der Waals surface area contributed by atoms with Gasteiger partial charge in [-0.1, -0.05) is 13.3 Å². The van der Waals surface area contributed by atoms with E-state index in [-0.39, 0.29) is 0 Å². The highest BCUT2D eigenvalue weighted by Crippen LogP contribution is 2.19. The summed E-state index contributed by atoms with van der Waals surface area (Å²) in [6.07, 6.45) is 0.799. The minimum Gasteiger partial charge on any atom is -0.391 e. The zero-order valence-corrected chi connectivity index (χ0v) is 8.70. The number of rotatable bonds is 3. The minimum atomic E-state index is -1.07. The maximum Gasteiger partial charge on any atom is 0.136 e. The Morgan fingerprint density at radius 1 is 1.42 bits per heavy atom. The highest BCUT2D eigenvalue weighted by molar-refractivity contribution is 8.06. The van der Waals surface area contributed by atoms with Crippen LogP contribution >= 0.6 is 0 Å². The van der Waals surface area contributed by atoms with Crippen molar-refractivity contribution < 1.29 is 13.5 Å². The van der Waals surface area contributed by atoms with E-state index in [0.717, 1.165) is 6.42 Å². The molecule has 3 atom stereocenters. The van der Waals surface area contributed by atoms with E-state index in [1.807, 2.05) is 6.92 Å². The molecule has 0 saturated carbocycles. The smallest absolute Gasteiger partial charge is 0.136 e. The lowest BCUT2D eigenvalue weighted by Crippen LogP contribution is -2.30. The molecule has 1 rings (SSSR count). The molecule has 1 aliphatic rings. The lowest BCUT2D eigenvalue weighted by Gasteiger charge is -2.14. The standard InChI is InChI=1S/C7H14O3S2/c1-2-3-6(8)7-11(9)4-5-12(7)10/h6-8H,2-5H2,1H3/t6-,11+,12+/m0/s1. The molecule has 0 amide bonds. The third-order valence-corrected chi connectivity index (χ3v) is 6.33. The fourth-order valence-electron chi connectivity index (χ4n) is 1.30. The Morgan fingerprint density at radius 2 is 1.92 bits per heavy atom. The highest BCUT2D eigenvalue weighted by atomic mass is 32.3. The summed E-state index contributed by atoms with van der Waals surface area (Å²) in [6.45, 7) is 1.95. The van der Waals surface area contributed by atoms with Gasteiger partial charge in [-0.05, 0) is 6.42 Å². The molecule has 1 fully saturated rings. The van der Waals surface area contributed by atoms with E-state index in [1.165, 1.54) is 0 Å². The van der Waals surface area contributed by atoms with Crippen LogP contribution in [0.3, 0.4) is 0 Å². The van der Waals surface area contributed by atoms with E-state index in [1.54, 1.807) is 0 Å². The molecule has 72 valence electrons. The van der Waals surface area contributed by atoms with Crippen LogP contribution in [0.4, 0.5) is 0 Å². The van der Waals surface area contributed by atoms with Gasteiger partial charge < -0.3 is 5.11 Å². The van der Waals surface area contributed by atoms with Crippen molar-refractivity contribution in [3.8, 4) is 0 Å². The van der Waals surface area contributed by atoms with Crippen molar-refractivity contribution in [1.29, 1.82) is 0 Å². The summed E-state index contributed by atoms with van der Waals surface area (Å²) < 4.78 is 22.0. The fourth-order valence-corrected chi connectivity index (χ4v) is 5.59. The van der Waals surface area contributed by atoms with Gasteiger partial charge in [-0.2, -0.15) is 0 Å². The van der Waals surface area contributed by atoms with Crippen LogP contribution in [0.5, 0.6) is 0 Å². The fraction of sp³-hybridized carbons (Fsp3) is 1.00. The topological polar surface area (TPSA) is 54.4 Å². The second-order valence-electron chi connectivity index (χ2n) is 2.89. The average Bonchev–Trinajstić information content (AvgIpc) is 2.32. The Morgan fingerprint density at radius 3 is 2.33 bits per heavy atom. The summed E-state index contributed by atoms with van der Waals surface area (Å²) in [4.78, 5) is 0. The molecule has 12 heavy (non-hydrogen) atoms. The Labute approximate surface area is 77.5 Å². The molecule has 0 unspecified atom stereocenters. The summed E-state index contributed by atoms with van der Waals surface area (Å²) in [5.41, 5.74) is 0. The molecule has 1 N–H and O–H groups in total. The van der Waals surface area contributed by atoms with Crippen LogP contribution < -0.4 is 0 Å². The van der Waals surface area contributed by atoms with Crippen LogP contribution in [-0.4, -0.2) is 35.7 Å². The second kappa shape index (κ2) is 4.48. The van der Waals surface area contributed by atoms with Gasteiger partial charge in [-0.25, -0.2) is 0 Å². The van der Waals surface area contributed by atoms with Gasteiger partial charge in [0.15, 0.2) is 0 Å². The Hall–Kier alpha value is 0.260. The summed E-state index contributed by atoms with van der Waals surface area (Å²) in [6, 6.07) is 0. The first kappa shape index (κ1) is 10.3. The molecular formula is C7H14O3S2. The van der Waals surface area contributed by atoms with Gasteiger partial charge >= 0.3 is 0 Å². The predicted octanol–water partition coefficient (Wildman–Crippen LogP) is -0.0155. The van der Waals surface area contributed by atoms with Crippen LogP contribution in [0.25, 0.3) is 0 Å². The lowest BCUT2D eigenvalue weighted by molar-refractivity contribution is 0.179. The van der Waals surface area contributed by atoms with Gasteiger partial charge in [0.05, 0.1) is 6.10 Å². The van der Waals surface area contributed by atoms with E-state index < -0.39 is 32.3 Å². The van der Waals surface area contributed by atoms with Crippen molar-refractivity contribution in [2.75, 3.05) is 11.5 Å². The largest absolute Gasteiger partial charge is 0.391 e. The lowest BCUT2D eigenvalue weighted by atomic mass is 10.2. The number of aliphatic hydroxyl groups excluding tert-OH is 1. The van der Waals surface area contributed by atoms with E-state index >= 15 is 0 Å². The molecule has 5 heteroatoms. The van der Waals surface area contributed by atoms with Crippen LogP contribution in [0.15, 0.2) is 0 Å². The Balaban J connectivity index is 2.59. The van der Waals surface area contributed by atoms with Crippen LogP contribution in [0, 0.1) is 0 Å². The van der Waals surface area contributed by atoms with Crippen molar-refractivity contribution in [2.24, 2.45) is 0 Å². The summed E-state index contributed by atoms with van der Waals surface area (Å²) in [7, 11) is -2.14. The van der Waals surface area contributed by atoms with Gasteiger partial charge in [0.2, 0.25) is 0 Å². The molecule has 3 nitrogen and oxygen atoms in total.